The van der Waals surface area contributed by atoms with Crippen LogP contribution in [0.25, 0.3) is 0 Å². The predicted molar refractivity (Wildman–Crippen MR) is 86.5 cm³/mol. The van der Waals surface area contributed by atoms with E-state index in [0.717, 1.165) is 30.7 Å². The Kier molecular flexibility index (Phi) is 3.45. The number of amides is 1. The molecule has 0 radical (unpaired) electrons. The highest BCUT2D eigenvalue weighted by atomic mass is 32.1. The standard InChI is InChI=1S/C16H18N4O2S/c21-11-3-1-2-9(6-11)12-7-13(12)15(22)17-8-14-18-19-16(23)20(14)10-4-5-10/h1-3,6,10,12-13,21H,4-5,7-8H2,(H,17,22)(H,19,23)/t12-,13-/m1/s1. The third-order valence-corrected chi connectivity index (χ3v) is 4.82. The van der Waals surface area contributed by atoms with Gasteiger partial charge < -0.3 is 10.4 Å². The Hall–Kier alpha value is -2.15. The molecule has 3 N–H and O–H groups in total. The van der Waals surface area contributed by atoms with Gasteiger partial charge in [-0.05, 0) is 55.1 Å². The summed E-state index contributed by atoms with van der Waals surface area (Å²) in [5.41, 5.74) is 1.02. The van der Waals surface area contributed by atoms with Crippen LogP contribution in [0.2, 0.25) is 0 Å². The molecule has 2 aliphatic carbocycles. The summed E-state index contributed by atoms with van der Waals surface area (Å²) in [6, 6.07) is 7.58. The van der Waals surface area contributed by atoms with Crippen molar-refractivity contribution in [2.24, 2.45) is 5.92 Å². The summed E-state index contributed by atoms with van der Waals surface area (Å²) in [6.07, 6.45) is 3.07. The molecule has 2 fully saturated rings. The summed E-state index contributed by atoms with van der Waals surface area (Å²) < 4.78 is 2.63. The Morgan fingerprint density at radius 2 is 2.30 bits per heavy atom. The van der Waals surface area contributed by atoms with E-state index >= 15 is 0 Å². The maximum Gasteiger partial charge on any atom is 0.224 e. The number of hydrogen-bond acceptors (Lipinski definition) is 4. The van der Waals surface area contributed by atoms with Crippen molar-refractivity contribution in [3.63, 3.8) is 0 Å². The molecule has 6 nitrogen and oxygen atoms in total. The first kappa shape index (κ1) is 14.4. The zero-order valence-corrected chi connectivity index (χ0v) is 13.3. The molecule has 0 bridgehead atoms. The average molecular weight is 330 g/mol. The summed E-state index contributed by atoms with van der Waals surface area (Å²) >= 11 is 5.24. The Bertz CT molecular complexity index is 808. The number of carbonyl (C=O) groups is 1. The third kappa shape index (κ3) is 2.88. The quantitative estimate of drug-likeness (QED) is 0.735. The van der Waals surface area contributed by atoms with E-state index in [1.54, 1.807) is 12.1 Å². The lowest BCUT2D eigenvalue weighted by atomic mass is 10.1. The van der Waals surface area contributed by atoms with E-state index in [0.29, 0.717) is 17.4 Å². The zero-order chi connectivity index (χ0) is 16.0. The van der Waals surface area contributed by atoms with Crippen LogP contribution >= 0.6 is 12.2 Å². The van der Waals surface area contributed by atoms with Gasteiger partial charge in [-0.3, -0.25) is 14.5 Å². The normalized spacial score (nSPS) is 22.8. The smallest absolute Gasteiger partial charge is 0.224 e. The maximum atomic E-state index is 12.3. The van der Waals surface area contributed by atoms with E-state index in [1.807, 2.05) is 16.7 Å². The van der Waals surface area contributed by atoms with E-state index in [4.69, 9.17) is 12.2 Å². The number of phenols is 1. The predicted octanol–water partition coefficient (Wildman–Crippen LogP) is 2.40. The summed E-state index contributed by atoms with van der Waals surface area (Å²) in [6.45, 7) is 0.395. The fourth-order valence-corrected chi connectivity index (χ4v) is 3.38. The van der Waals surface area contributed by atoms with Crippen LogP contribution in [0.5, 0.6) is 5.75 Å². The van der Waals surface area contributed by atoms with Crippen LogP contribution in [0.4, 0.5) is 0 Å². The number of phenolic OH excluding ortho intramolecular Hbond substituents is 1. The molecule has 1 aromatic heterocycles. The molecule has 2 aliphatic rings. The second-order valence-corrected chi connectivity index (χ2v) is 6.69. The van der Waals surface area contributed by atoms with Crippen LogP contribution in [0.3, 0.4) is 0 Å². The summed E-state index contributed by atoms with van der Waals surface area (Å²) in [5.74, 6) is 1.25. The summed E-state index contributed by atoms with van der Waals surface area (Å²) in [7, 11) is 0. The van der Waals surface area contributed by atoms with Crippen LogP contribution < -0.4 is 5.32 Å². The number of H-pyrrole nitrogens is 1. The van der Waals surface area contributed by atoms with Crippen LogP contribution in [-0.4, -0.2) is 25.8 Å². The molecule has 0 saturated heterocycles. The lowest BCUT2D eigenvalue weighted by Crippen LogP contribution is -2.26. The first-order valence-corrected chi connectivity index (χ1v) is 8.26. The van der Waals surface area contributed by atoms with Gasteiger partial charge in [-0.2, -0.15) is 5.10 Å². The van der Waals surface area contributed by atoms with Crippen LogP contribution in [0, 0.1) is 10.7 Å². The molecule has 2 saturated carbocycles. The molecular weight excluding hydrogens is 312 g/mol. The molecule has 120 valence electrons. The Morgan fingerprint density at radius 1 is 1.48 bits per heavy atom. The highest BCUT2D eigenvalue weighted by Gasteiger charge is 2.44. The Labute approximate surface area is 138 Å². The van der Waals surface area contributed by atoms with Crippen molar-refractivity contribution in [1.82, 2.24) is 20.1 Å². The van der Waals surface area contributed by atoms with E-state index in [9.17, 15) is 9.90 Å². The fourth-order valence-electron chi connectivity index (χ4n) is 3.08. The first-order chi connectivity index (χ1) is 11.1. The van der Waals surface area contributed by atoms with Crippen molar-refractivity contribution >= 4 is 18.1 Å². The largest absolute Gasteiger partial charge is 0.508 e. The molecule has 7 heteroatoms. The SMILES string of the molecule is O=C(NCc1n[nH]c(=S)n1C1CC1)[C@@H]1C[C@@H]1c1cccc(O)c1. The average Bonchev–Trinajstić information content (AvgIpc) is 3.43. The van der Waals surface area contributed by atoms with Gasteiger partial charge in [0.2, 0.25) is 5.91 Å². The van der Waals surface area contributed by atoms with Gasteiger partial charge in [-0.15, -0.1) is 0 Å². The number of aromatic amines is 1. The fraction of sp³-hybridized carbons (Fsp3) is 0.438. The van der Waals surface area contributed by atoms with Crippen molar-refractivity contribution in [2.75, 3.05) is 0 Å². The number of hydrogen-bond donors (Lipinski definition) is 3. The van der Waals surface area contributed by atoms with Crippen molar-refractivity contribution < 1.29 is 9.90 Å². The van der Waals surface area contributed by atoms with Crippen molar-refractivity contribution in [3.8, 4) is 5.75 Å². The van der Waals surface area contributed by atoms with Gasteiger partial charge in [0.1, 0.15) is 5.75 Å². The molecule has 0 unspecified atom stereocenters. The molecule has 0 aliphatic heterocycles. The summed E-state index contributed by atoms with van der Waals surface area (Å²) in [5, 5.41) is 19.5. The van der Waals surface area contributed by atoms with Gasteiger partial charge in [0, 0.05) is 12.0 Å². The minimum absolute atomic E-state index is 0.0203. The number of carbonyl (C=O) groups excluding carboxylic acids is 1. The lowest BCUT2D eigenvalue weighted by Gasteiger charge is -2.07. The Balaban J connectivity index is 1.37. The molecule has 2 aromatic rings. The third-order valence-electron chi connectivity index (χ3n) is 4.54. The van der Waals surface area contributed by atoms with E-state index < -0.39 is 0 Å². The topological polar surface area (TPSA) is 82.9 Å². The molecule has 2 atom stereocenters. The molecule has 4 rings (SSSR count). The molecule has 1 aromatic carbocycles. The van der Waals surface area contributed by atoms with Gasteiger partial charge >= 0.3 is 0 Å². The number of aromatic nitrogens is 3. The Morgan fingerprint density at radius 3 is 3.04 bits per heavy atom. The van der Waals surface area contributed by atoms with E-state index in [-0.39, 0.29) is 23.5 Å². The molecule has 0 spiro atoms. The minimum atomic E-state index is -0.0203. The molecule has 1 heterocycles. The lowest BCUT2D eigenvalue weighted by molar-refractivity contribution is -0.122. The maximum absolute atomic E-state index is 12.3. The number of benzene rings is 1. The van der Waals surface area contributed by atoms with Crippen LogP contribution in [0.15, 0.2) is 24.3 Å². The van der Waals surface area contributed by atoms with E-state index in [2.05, 4.69) is 15.5 Å². The molecular formula is C16H18N4O2S. The second kappa shape index (κ2) is 5.49. The van der Waals surface area contributed by atoms with Gasteiger partial charge in [-0.25, -0.2) is 0 Å². The van der Waals surface area contributed by atoms with Crippen molar-refractivity contribution in [3.05, 3.63) is 40.4 Å². The number of nitrogens with one attached hydrogen (secondary N) is 2. The number of nitrogens with zero attached hydrogens (tertiary/aromatic N) is 2. The van der Waals surface area contributed by atoms with Gasteiger partial charge in [0.25, 0.3) is 0 Å². The van der Waals surface area contributed by atoms with Crippen molar-refractivity contribution in [1.29, 1.82) is 0 Å². The first-order valence-electron chi connectivity index (χ1n) is 7.86. The van der Waals surface area contributed by atoms with Crippen LogP contribution in [-0.2, 0) is 11.3 Å². The highest BCUT2D eigenvalue weighted by Crippen LogP contribution is 2.48. The molecule has 1 amide bonds. The number of rotatable bonds is 5. The van der Waals surface area contributed by atoms with Gasteiger partial charge in [-0.1, -0.05) is 12.1 Å². The van der Waals surface area contributed by atoms with Gasteiger partial charge in [0.15, 0.2) is 10.6 Å². The number of aromatic hydroxyl groups is 1. The zero-order valence-electron chi connectivity index (χ0n) is 12.5. The van der Waals surface area contributed by atoms with Gasteiger partial charge in [0.05, 0.1) is 6.54 Å². The molecule has 23 heavy (non-hydrogen) atoms. The highest BCUT2D eigenvalue weighted by molar-refractivity contribution is 7.71. The van der Waals surface area contributed by atoms with Crippen LogP contribution in [0.1, 0.15) is 42.6 Å². The van der Waals surface area contributed by atoms with E-state index in [1.165, 1.54) is 0 Å². The second-order valence-electron chi connectivity index (χ2n) is 6.31. The summed E-state index contributed by atoms with van der Waals surface area (Å²) in [4.78, 5) is 12.3. The monoisotopic (exact) mass is 330 g/mol. The minimum Gasteiger partial charge on any atom is -0.508 e. The van der Waals surface area contributed by atoms with Crippen molar-refractivity contribution in [2.45, 2.75) is 37.8 Å².